The van der Waals surface area contributed by atoms with Gasteiger partial charge in [-0.25, -0.2) is 4.79 Å². The van der Waals surface area contributed by atoms with Crippen molar-refractivity contribution in [1.82, 2.24) is 10.6 Å². The highest BCUT2D eigenvalue weighted by Crippen LogP contribution is 2.17. The van der Waals surface area contributed by atoms with E-state index >= 15 is 0 Å². The van der Waals surface area contributed by atoms with Crippen LogP contribution in [0, 0.1) is 0 Å². The Morgan fingerprint density at radius 1 is 1.41 bits per heavy atom. The van der Waals surface area contributed by atoms with Crippen molar-refractivity contribution in [3.8, 4) is 0 Å². The van der Waals surface area contributed by atoms with Gasteiger partial charge in [-0.3, -0.25) is 4.79 Å². The summed E-state index contributed by atoms with van der Waals surface area (Å²) < 4.78 is 4.55. The topological polar surface area (TPSA) is 93.4 Å². The van der Waals surface area contributed by atoms with Crippen LogP contribution in [0.4, 0.5) is 4.79 Å². The molecule has 4 N–H and O–H groups in total. The largest absolute Gasteiger partial charge is 0.448 e. The first-order valence-electron chi connectivity index (χ1n) is 6.05. The van der Waals surface area contributed by atoms with Gasteiger partial charge in [-0.1, -0.05) is 12.8 Å². The molecule has 1 fully saturated rings. The molecule has 1 rings (SSSR count). The lowest BCUT2D eigenvalue weighted by molar-refractivity contribution is -0.123. The van der Waals surface area contributed by atoms with Gasteiger partial charge in [-0.2, -0.15) is 0 Å². The lowest BCUT2D eigenvalue weighted by Crippen LogP contribution is -2.46. The van der Waals surface area contributed by atoms with E-state index in [1.165, 1.54) is 12.8 Å². The number of nitrogens with two attached hydrogens (primary N) is 1. The number of rotatable bonds is 6. The summed E-state index contributed by atoms with van der Waals surface area (Å²) in [4.78, 5) is 22.0. The molecule has 1 atom stereocenters. The maximum Gasteiger partial charge on any atom is 0.404 e. The average molecular weight is 243 g/mol. The van der Waals surface area contributed by atoms with Crippen molar-refractivity contribution in [2.24, 2.45) is 5.73 Å². The van der Waals surface area contributed by atoms with Crippen LogP contribution in [-0.2, 0) is 9.53 Å². The Morgan fingerprint density at radius 3 is 2.65 bits per heavy atom. The fourth-order valence-corrected chi connectivity index (χ4v) is 1.92. The first-order valence-corrected chi connectivity index (χ1v) is 6.05. The molecule has 1 aliphatic carbocycles. The van der Waals surface area contributed by atoms with Crippen molar-refractivity contribution in [1.29, 1.82) is 0 Å². The van der Waals surface area contributed by atoms with Crippen molar-refractivity contribution in [2.45, 2.75) is 44.7 Å². The number of carbonyl (C=O) groups is 2. The highest BCUT2D eigenvalue weighted by atomic mass is 16.5. The number of amides is 2. The summed E-state index contributed by atoms with van der Waals surface area (Å²) in [5.74, 6) is -0.00373. The molecule has 1 saturated carbocycles. The zero-order valence-corrected chi connectivity index (χ0v) is 10.2. The normalized spacial score (nSPS) is 17.7. The zero-order valence-electron chi connectivity index (χ0n) is 10.2. The van der Waals surface area contributed by atoms with Crippen LogP contribution in [0.5, 0.6) is 0 Å². The second kappa shape index (κ2) is 7.11. The Hall–Kier alpha value is -1.30. The molecule has 0 bridgehead atoms. The van der Waals surface area contributed by atoms with Gasteiger partial charge >= 0.3 is 6.09 Å². The molecule has 0 radical (unpaired) electrons. The third-order valence-electron chi connectivity index (χ3n) is 2.89. The number of nitrogens with one attached hydrogen (secondary N) is 2. The van der Waals surface area contributed by atoms with Crippen LogP contribution in [0.15, 0.2) is 0 Å². The van der Waals surface area contributed by atoms with Gasteiger partial charge in [-0.05, 0) is 19.8 Å². The minimum atomic E-state index is -0.796. The van der Waals surface area contributed by atoms with Crippen LogP contribution >= 0.6 is 0 Å². The Morgan fingerprint density at radius 2 is 2.06 bits per heavy atom. The van der Waals surface area contributed by atoms with E-state index in [2.05, 4.69) is 15.4 Å². The molecule has 98 valence electrons. The summed E-state index contributed by atoms with van der Waals surface area (Å²) >= 11 is 0. The van der Waals surface area contributed by atoms with Crippen LogP contribution < -0.4 is 16.4 Å². The Kier molecular flexibility index (Phi) is 5.76. The van der Waals surface area contributed by atoms with Crippen molar-refractivity contribution in [3.05, 3.63) is 0 Å². The quantitative estimate of drug-likeness (QED) is 0.577. The molecule has 6 heteroatoms. The van der Waals surface area contributed by atoms with Gasteiger partial charge in [0, 0.05) is 12.6 Å². The van der Waals surface area contributed by atoms with E-state index in [-0.39, 0.29) is 18.6 Å². The summed E-state index contributed by atoms with van der Waals surface area (Å²) in [5.41, 5.74) is 4.81. The number of primary amides is 1. The molecule has 6 nitrogen and oxygen atoms in total. The maximum absolute atomic E-state index is 11.7. The number of hydrogen-bond acceptors (Lipinski definition) is 4. The molecule has 0 heterocycles. The molecule has 0 saturated heterocycles. The van der Waals surface area contributed by atoms with E-state index in [0.29, 0.717) is 12.6 Å². The highest BCUT2D eigenvalue weighted by molar-refractivity contribution is 5.81. The predicted molar refractivity (Wildman–Crippen MR) is 63.4 cm³/mol. The van der Waals surface area contributed by atoms with Gasteiger partial charge in [0.25, 0.3) is 0 Å². The fraction of sp³-hybridized carbons (Fsp3) is 0.818. The zero-order chi connectivity index (χ0) is 12.7. The van der Waals surface area contributed by atoms with Gasteiger partial charge in [0.2, 0.25) is 5.91 Å². The SMILES string of the molecule is CC(NCCOC(N)=O)C(=O)NC1CCCC1. The van der Waals surface area contributed by atoms with Crippen molar-refractivity contribution in [2.75, 3.05) is 13.2 Å². The first-order chi connectivity index (χ1) is 8.09. The van der Waals surface area contributed by atoms with Crippen LogP contribution in [0.25, 0.3) is 0 Å². The van der Waals surface area contributed by atoms with Gasteiger partial charge in [0.1, 0.15) is 6.61 Å². The van der Waals surface area contributed by atoms with Crippen LogP contribution in [-0.4, -0.2) is 37.2 Å². The van der Waals surface area contributed by atoms with E-state index in [0.717, 1.165) is 12.8 Å². The highest BCUT2D eigenvalue weighted by Gasteiger charge is 2.20. The molecule has 0 aliphatic heterocycles. The molecule has 0 aromatic rings. The van der Waals surface area contributed by atoms with Crippen molar-refractivity contribution in [3.63, 3.8) is 0 Å². The Labute approximate surface area is 101 Å². The summed E-state index contributed by atoms with van der Waals surface area (Å²) in [6.45, 7) is 2.38. The second-order valence-corrected chi connectivity index (χ2v) is 4.33. The molecule has 0 spiro atoms. The average Bonchev–Trinajstić information content (AvgIpc) is 2.76. The van der Waals surface area contributed by atoms with E-state index < -0.39 is 6.09 Å². The Bertz CT molecular complexity index is 265. The molecular weight excluding hydrogens is 222 g/mol. The van der Waals surface area contributed by atoms with E-state index in [1.54, 1.807) is 6.92 Å². The summed E-state index contributed by atoms with van der Waals surface area (Å²) in [6.07, 6.45) is 3.74. The number of carbonyl (C=O) groups excluding carboxylic acids is 2. The summed E-state index contributed by atoms with van der Waals surface area (Å²) in [7, 11) is 0. The number of ether oxygens (including phenoxy) is 1. The number of hydrogen-bond donors (Lipinski definition) is 3. The molecule has 2 amide bonds. The van der Waals surface area contributed by atoms with Gasteiger partial charge in [0.15, 0.2) is 0 Å². The third kappa shape index (κ3) is 5.53. The second-order valence-electron chi connectivity index (χ2n) is 4.33. The smallest absolute Gasteiger partial charge is 0.404 e. The first kappa shape index (κ1) is 13.8. The van der Waals surface area contributed by atoms with Crippen molar-refractivity contribution >= 4 is 12.0 Å². The molecule has 1 unspecified atom stereocenters. The van der Waals surface area contributed by atoms with Gasteiger partial charge in [-0.15, -0.1) is 0 Å². The molecule has 17 heavy (non-hydrogen) atoms. The monoisotopic (exact) mass is 243 g/mol. The maximum atomic E-state index is 11.7. The minimum Gasteiger partial charge on any atom is -0.448 e. The summed E-state index contributed by atoms with van der Waals surface area (Å²) in [6, 6.07) is 0.0423. The molecule has 0 aromatic heterocycles. The minimum absolute atomic E-state index is 0.00373. The fourth-order valence-electron chi connectivity index (χ4n) is 1.92. The molecule has 0 aromatic carbocycles. The van der Waals surface area contributed by atoms with Gasteiger partial charge in [0.05, 0.1) is 6.04 Å². The molecular formula is C11H21N3O3. The third-order valence-corrected chi connectivity index (χ3v) is 2.89. The predicted octanol–water partition coefficient (Wildman–Crippen LogP) is 0.119. The standard InChI is InChI=1S/C11H21N3O3/c1-8(13-6-7-17-11(12)16)10(15)14-9-4-2-3-5-9/h8-9,13H,2-7H2,1H3,(H2,12,16)(H,14,15). The van der Waals surface area contributed by atoms with Crippen molar-refractivity contribution < 1.29 is 14.3 Å². The van der Waals surface area contributed by atoms with Crippen LogP contribution in [0.1, 0.15) is 32.6 Å². The van der Waals surface area contributed by atoms with E-state index in [4.69, 9.17) is 5.73 Å². The van der Waals surface area contributed by atoms with E-state index in [9.17, 15) is 9.59 Å². The Balaban J connectivity index is 2.11. The lowest BCUT2D eigenvalue weighted by Gasteiger charge is -2.17. The van der Waals surface area contributed by atoms with Gasteiger partial charge < -0.3 is 21.1 Å². The van der Waals surface area contributed by atoms with E-state index in [1.807, 2.05) is 0 Å². The summed E-state index contributed by atoms with van der Waals surface area (Å²) in [5, 5.41) is 5.96. The lowest BCUT2D eigenvalue weighted by atomic mass is 10.2. The molecule has 1 aliphatic rings. The van der Waals surface area contributed by atoms with Crippen LogP contribution in [0.2, 0.25) is 0 Å². The van der Waals surface area contributed by atoms with Crippen LogP contribution in [0.3, 0.4) is 0 Å².